The molecule has 1 saturated heterocycles. The van der Waals surface area contributed by atoms with Crippen LogP contribution in [0.1, 0.15) is 26.0 Å². The van der Waals surface area contributed by atoms with Gasteiger partial charge in [-0.3, -0.25) is 19.4 Å². The van der Waals surface area contributed by atoms with Crippen molar-refractivity contribution in [3.05, 3.63) is 30.5 Å². The molecule has 2 aromatic heterocycles. The van der Waals surface area contributed by atoms with Gasteiger partial charge < -0.3 is 4.90 Å². The number of carbonyl (C=O) groups excluding carboxylic acids is 1. The molecule has 22 heavy (non-hydrogen) atoms. The number of nitrogens with zero attached hydrogens (tertiary/aromatic N) is 5. The van der Waals surface area contributed by atoms with E-state index < -0.39 is 0 Å². The molecule has 0 spiro atoms. The Bertz CT molecular complexity index is 666. The summed E-state index contributed by atoms with van der Waals surface area (Å²) in [6, 6.07) is 0. The second-order valence-electron chi connectivity index (χ2n) is 5.76. The van der Waals surface area contributed by atoms with E-state index in [-0.39, 0.29) is 5.91 Å². The van der Waals surface area contributed by atoms with Crippen LogP contribution in [0, 0.1) is 5.92 Å². The number of likely N-dealkylation sites (tertiary alicyclic amines) is 1. The van der Waals surface area contributed by atoms with Crippen LogP contribution in [0.2, 0.25) is 0 Å². The van der Waals surface area contributed by atoms with Crippen molar-refractivity contribution in [3.8, 4) is 11.3 Å². The zero-order valence-electron chi connectivity index (χ0n) is 13.1. The van der Waals surface area contributed by atoms with Crippen molar-refractivity contribution in [3.63, 3.8) is 0 Å². The van der Waals surface area contributed by atoms with Crippen LogP contribution >= 0.6 is 0 Å². The minimum Gasteiger partial charge on any atom is -0.343 e. The van der Waals surface area contributed by atoms with Crippen LogP contribution in [0.4, 0.5) is 0 Å². The van der Waals surface area contributed by atoms with E-state index in [9.17, 15) is 4.79 Å². The topological polar surface area (TPSA) is 63.9 Å². The second-order valence-corrected chi connectivity index (χ2v) is 5.76. The lowest BCUT2D eigenvalue weighted by molar-refractivity contribution is -0.127. The van der Waals surface area contributed by atoms with Gasteiger partial charge in [-0.15, -0.1) is 0 Å². The molecule has 6 nitrogen and oxygen atoms in total. The van der Waals surface area contributed by atoms with E-state index in [2.05, 4.69) is 22.0 Å². The minimum absolute atomic E-state index is 0.158. The molecule has 1 atom stereocenters. The first-order chi connectivity index (χ1) is 10.7. The Morgan fingerprint density at radius 1 is 1.36 bits per heavy atom. The zero-order valence-corrected chi connectivity index (χ0v) is 13.1. The molecule has 6 heteroatoms. The first kappa shape index (κ1) is 14.7. The van der Waals surface area contributed by atoms with Gasteiger partial charge in [-0.2, -0.15) is 5.10 Å². The van der Waals surface area contributed by atoms with Gasteiger partial charge in [-0.05, 0) is 25.7 Å². The van der Waals surface area contributed by atoms with E-state index in [1.54, 1.807) is 19.3 Å². The Hall–Kier alpha value is -2.24. The summed E-state index contributed by atoms with van der Waals surface area (Å²) in [7, 11) is 0. The van der Waals surface area contributed by atoms with Crippen molar-refractivity contribution in [2.45, 2.75) is 33.2 Å². The van der Waals surface area contributed by atoms with E-state index in [0.717, 1.165) is 49.4 Å². The molecule has 3 rings (SSSR count). The largest absolute Gasteiger partial charge is 0.343 e. The van der Waals surface area contributed by atoms with Crippen LogP contribution < -0.4 is 0 Å². The lowest BCUT2D eigenvalue weighted by atomic mass is 10.00. The molecular weight excluding hydrogens is 278 g/mol. The van der Waals surface area contributed by atoms with Crippen LogP contribution in [0.15, 0.2) is 24.8 Å². The third kappa shape index (κ3) is 3.00. The average Bonchev–Trinajstić information content (AvgIpc) is 3.16. The molecule has 1 aliphatic rings. The van der Waals surface area contributed by atoms with Crippen molar-refractivity contribution in [2.75, 3.05) is 13.1 Å². The van der Waals surface area contributed by atoms with Crippen LogP contribution in [-0.4, -0.2) is 43.6 Å². The van der Waals surface area contributed by atoms with Gasteiger partial charge in [0.25, 0.3) is 0 Å². The summed E-state index contributed by atoms with van der Waals surface area (Å²) in [6.07, 6.45) is 9.19. The third-order valence-electron chi connectivity index (χ3n) is 4.22. The molecule has 0 radical (unpaired) electrons. The summed E-state index contributed by atoms with van der Waals surface area (Å²) < 4.78 is 1.89. The van der Waals surface area contributed by atoms with Crippen LogP contribution in [0.3, 0.4) is 0 Å². The average molecular weight is 299 g/mol. The summed E-state index contributed by atoms with van der Waals surface area (Å²) in [6.45, 7) is 6.20. The molecule has 3 heterocycles. The fraction of sp³-hybridized carbons (Fsp3) is 0.500. The molecule has 0 bridgehead atoms. The van der Waals surface area contributed by atoms with E-state index in [4.69, 9.17) is 0 Å². The summed E-state index contributed by atoms with van der Waals surface area (Å²) in [5, 5.41) is 4.32. The van der Waals surface area contributed by atoms with Crippen molar-refractivity contribution in [1.29, 1.82) is 0 Å². The molecule has 0 saturated carbocycles. The van der Waals surface area contributed by atoms with Gasteiger partial charge in [0.05, 0.1) is 17.6 Å². The van der Waals surface area contributed by atoms with Crippen LogP contribution in [0.25, 0.3) is 11.3 Å². The zero-order chi connectivity index (χ0) is 15.5. The monoisotopic (exact) mass is 299 g/mol. The number of amides is 1. The number of hydrogen-bond donors (Lipinski definition) is 0. The number of hydrogen-bond acceptors (Lipinski definition) is 4. The highest BCUT2D eigenvalue weighted by molar-refractivity contribution is 5.73. The summed E-state index contributed by atoms with van der Waals surface area (Å²) in [4.78, 5) is 22.4. The smallest absolute Gasteiger partial charge is 0.219 e. The van der Waals surface area contributed by atoms with Crippen LogP contribution in [0.5, 0.6) is 0 Å². The summed E-state index contributed by atoms with van der Waals surface area (Å²) in [5.74, 6) is 0.617. The van der Waals surface area contributed by atoms with Gasteiger partial charge in [0.1, 0.15) is 0 Å². The molecule has 116 valence electrons. The lowest BCUT2D eigenvalue weighted by Gasteiger charge is -2.14. The van der Waals surface area contributed by atoms with Gasteiger partial charge in [0.15, 0.2) is 0 Å². The lowest BCUT2D eigenvalue weighted by Crippen LogP contribution is -2.26. The second kappa shape index (κ2) is 6.25. The van der Waals surface area contributed by atoms with Crippen LogP contribution in [-0.2, 0) is 17.8 Å². The SMILES string of the molecule is CCn1cc(-c2nccnc2CC2CCN(C(C)=O)C2)cn1. The maximum atomic E-state index is 11.5. The fourth-order valence-corrected chi connectivity index (χ4v) is 2.97. The standard InChI is InChI=1S/C16H21N5O/c1-3-21-11-14(9-19-21)16-15(17-5-6-18-16)8-13-4-7-20(10-13)12(2)22/h5-6,9,11,13H,3-4,7-8,10H2,1-2H3. The molecule has 1 amide bonds. The van der Waals surface area contributed by atoms with Crippen molar-refractivity contribution >= 4 is 5.91 Å². The molecular formula is C16H21N5O. The van der Waals surface area contributed by atoms with E-state index >= 15 is 0 Å². The van der Waals surface area contributed by atoms with E-state index in [0.29, 0.717) is 5.92 Å². The fourth-order valence-electron chi connectivity index (χ4n) is 2.97. The summed E-state index contributed by atoms with van der Waals surface area (Å²) in [5.41, 5.74) is 2.91. The highest BCUT2D eigenvalue weighted by atomic mass is 16.2. The van der Waals surface area contributed by atoms with Gasteiger partial charge in [0, 0.05) is 50.7 Å². The maximum Gasteiger partial charge on any atom is 0.219 e. The van der Waals surface area contributed by atoms with Crippen molar-refractivity contribution < 1.29 is 4.79 Å². The number of aromatic nitrogens is 4. The Morgan fingerprint density at radius 3 is 2.86 bits per heavy atom. The quantitative estimate of drug-likeness (QED) is 0.863. The third-order valence-corrected chi connectivity index (χ3v) is 4.22. The maximum absolute atomic E-state index is 11.5. The Balaban J connectivity index is 1.79. The van der Waals surface area contributed by atoms with Gasteiger partial charge in [-0.1, -0.05) is 0 Å². The minimum atomic E-state index is 0.158. The Labute approximate surface area is 130 Å². The van der Waals surface area contributed by atoms with Crippen molar-refractivity contribution in [1.82, 2.24) is 24.6 Å². The van der Waals surface area contributed by atoms with E-state index in [1.807, 2.05) is 22.0 Å². The normalized spacial score (nSPS) is 17.9. The molecule has 2 aromatic rings. The van der Waals surface area contributed by atoms with Gasteiger partial charge >= 0.3 is 0 Å². The molecule has 0 aromatic carbocycles. The number of carbonyl (C=O) groups is 1. The highest BCUT2D eigenvalue weighted by Crippen LogP contribution is 2.25. The molecule has 1 fully saturated rings. The molecule has 0 aliphatic carbocycles. The Kier molecular flexibility index (Phi) is 4.18. The predicted octanol–water partition coefficient (Wildman–Crippen LogP) is 1.77. The highest BCUT2D eigenvalue weighted by Gasteiger charge is 2.25. The molecule has 1 unspecified atom stereocenters. The molecule has 1 aliphatic heterocycles. The number of rotatable bonds is 4. The number of aryl methyl sites for hydroxylation is 1. The molecule has 0 N–H and O–H groups in total. The first-order valence-electron chi connectivity index (χ1n) is 7.75. The van der Waals surface area contributed by atoms with Gasteiger partial charge in [0.2, 0.25) is 5.91 Å². The first-order valence-corrected chi connectivity index (χ1v) is 7.75. The Morgan fingerprint density at radius 2 is 2.18 bits per heavy atom. The summed E-state index contributed by atoms with van der Waals surface area (Å²) >= 11 is 0. The van der Waals surface area contributed by atoms with E-state index in [1.165, 1.54) is 0 Å². The van der Waals surface area contributed by atoms with Crippen molar-refractivity contribution in [2.24, 2.45) is 5.92 Å². The van der Waals surface area contributed by atoms with Gasteiger partial charge in [-0.25, -0.2) is 0 Å². The predicted molar refractivity (Wildman–Crippen MR) is 83.0 cm³/mol.